The fraction of sp³-hybridized carbons (Fsp3) is 0.545. The van der Waals surface area contributed by atoms with Gasteiger partial charge >= 0.3 is 0 Å². The maximum absolute atomic E-state index is 8.92. The van der Waals surface area contributed by atoms with E-state index in [-0.39, 0.29) is 12.1 Å². The van der Waals surface area contributed by atoms with E-state index in [1.807, 2.05) is 0 Å². The topological polar surface area (TPSA) is 87.6 Å². The van der Waals surface area contributed by atoms with Gasteiger partial charge in [-0.05, 0) is 18.9 Å². The second-order valence-corrected chi connectivity index (χ2v) is 4.10. The molecule has 0 saturated heterocycles. The predicted octanol–water partition coefficient (Wildman–Crippen LogP) is 1.03. The molecule has 2 atom stereocenters. The van der Waals surface area contributed by atoms with Crippen molar-refractivity contribution in [2.45, 2.75) is 37.8 Å². The lowest BCUT2D eigenvalue weighted by Crippen LogP contribution is -2.42. The van der Waals surface area contributed by atoms with Crippen molar-refractivity contribution < 1.29 is 0 Å². The number of nitriles is 1. The van der Waals surface area contributed by atoms with Crippen LogP contribution in [-0.4, -0.2) is 22.3 Å². The van der Waals surface area contributed by atoms with Crippen LogP contribution in [0.3, 0.4) is 0 Å². The summed E-state index contributed by atoms with van der Waals surface area (Å²) in [5.41, 5.74) is 6.55. The number of aromatic nitrogens is 2. The van der Waals surface area contributed by atoms with Gasteiger partial charge in [0.05, 0.1) is 11.8 Å². The number of nitrogens with one attached hydrogen (secondary N) is 1. The van der Waals surface area contributed by atoms with Gasteiger partial charge < -0.3 is 11.1 Å². The second-order valence-electron chi connectivity index (χ2n) is 4.10. The minimum atomic E-state index is 0.141. The van der Waals surface area contributed by atoms with Crippen molar-refractivity contribution >= 4 is 5.82 Å². The summed E-state index contributed by atoms with van der Waals surface area (Å²) in [6, 6.07) is 4.10. The van der Waals surface area contributed by atoms with Crippen LogP contribution in [0, 0.1) is 11.3 Å². The third kappa shape index (κ3) is 2.28. The minimum Gasteiger partial charge on any atom is -0.363 e. The highest BCUT2D eigenvalue weighted by molar-refractivity contribution is 5.50. The van der Waals surface area contributed by atoms with Gasteiger partial charge in [-0.25, -0.2) is 0 Å². The van der Waals surface area contributed by atoms with Crippen LogP contribution in [0.2, 0.25) is 0 Å². The molecule has 0 amide bonds. The molecule has 1 aromatic heterocycles. The summed E-state index contributed by atoms with van der Waals surface area (Å²) in [6.45, 7) is 0. The van der Waals surface area contributed by atoms with Crippen LogP contribution in [-0.2, 0) is 0 Å². The molecule has 16 heavy (non-hydrogen) atoms. The largest absolute Gasteiger partial charge is 0.363 e. The average Bonchev–Trinajstić information content (AvgIpc) is 2.33. The summed E-state index contributed by atoms with van der Waals surface area (Å²) >= 11 is 0. The Morgan fingerprint density at radius 2 is 2.25 bits per heavy atom. The first-order chi connectivity index (χ1) is 7.81. The number of nitrogens with zero attached hydrogens (tertiary/aromatic N) is 3. The van der Waals surface area contributed by atoms with Gasteiger partial charge in [0.25, 0.3) is 0 Å². The highest BCUT2D eigenvalue weighted by Gasteiger charge is 2.22. The van der Waals surface area contributed by atoms with Gasteiger partial charge in [0.15, 0.2) is 5.82 Å². The smallest absolute Gasteiger partial charge is 0.166 e. The van der Waals surface area contributed by atoms with E-state index in [9.17, 15) is 0 Å². The normalized spacial score (nSPS) is 24.8. The number of anilines is 1. The first-order valence-electron chi connectivity index (χ1n) is 5.55. The van der Waals surface area contributed by atoms with Crippen LogP contribution in [0.15, 0.2) is 12.3 Å². The van der Waals surface area contributed by atoms with E-state index in [0.29, 0.717) is 11.4 Å². The summed E-state index contributed by atoms with van der Waals surface area (Å²) in [6.07, 6.45) is 5.94. The molecule has 0 spiro atoms. The van der Waals surface area contributed by atoms with Gasteiger partial charge in [-0.3, -0.25) is 0 Å². The summed E-state index contributed by atoms with van der Waals surface area (Å²) in [7, 11) is 0. The van der Waals surface area contributed by atoms with Crippen LogP contribution in [0.1, 0.15) is 31.2 Å². The zero-order valence-electron chi connectivity index (χ0n) is 9.06. The van der Waals surface area contributed by atoms with Crippen LogP contribution in [0.5, 0.6) is 0 Å². The molecule has 84 valence electrons. The molecule has 5 nitrogen and oxygen atoms in total. The predicted molar refractivity (Wildman–Crippen MR) is 60.6 cm³/mol. The molecule has 5 heteroatoms. The average molecular weight is 217 g/mol. The fourth-order valence-electron chi connectivity index (χ4n) is 2.04. The lowest BCUT2D eigenvalue weighted by Gasteiger charge is -2.29. The van der Waals surface area contributed by atoms with E-state index in [1.54, 1.807) is 6.07 Å². The second kappa shape index (κ2) is 4.90. The SMILES string of the molecule is N#Cc1ccnnc1N[C@@H]1CCCC[C@H]1N. The Bertz CT molecular complexity index is 398. The molecule has 0 aliphatic heterocycles. The van der Waals surface area contributed by atoms with Crippen LogP contribution < -0.4 is 11.1 Å². The molecule has 0 radical (unpaired) electrons. The van der Waals surface area contributed by atoms with E-state index < -0.39 is 0 Å². The molecule has 3 N–H and O–H groups in total. The molecular weight excluding hydrogens is 202 g/mol. The van der Waals surface area contributed by atoms with Gasteiger partial charge in [0, 0.05) is 12.1 Å². The van der Waals surface area contributed by atoms with Crippen molar-refractivity contribution in [1.82, 2.24) is 10.2 Å². The molecule has 1 fully saturated rings. The van der Waals surface area contributed by atoms with Crippen molar-refractivity contribution in [2.24, 2.45) is 5.73 Å². The number of hydrogen-bond donors (Lipinski definition) is 2. The van der Waals surface area contributed by atoms with Crippen LogP contribution in [0.4, 0.5) is 5.82 Å². The highest BCUT2D eigenvalue weighted by Crippen LogP contribution is 2.21. The summed E-state index contributed by atoms with van der Waals surface area (Å²) in [5, 5.41) is 19.9. The van der Waals surface area contributed by atoms with Gasteiger partial charge in [0.1, 0.15) is 6.07 Å². The third-order valence-electron chi connectivity index (χ3n) is 2.98. The van der Waals surface area contributed by atoms with Gasteiger partial charge in [0.2, 0.25) is 0 Å². The Morgan fingerprint density at radius 3 is 3.00 bits per heavy atom. The Balaban J connectivity index is 2.11. The molecule has 0 bridgehead atoms. The summed E-state index contributed by atoms with van der Waals surface area (Å²) < 4.78 is 0. The molecule has 0 unspecified atom stereocenters. The Kier molecular flexibility index (Phi) is 3.32. The molecule has 2 rings (SSSR count). The van der Waals surface area contributed by atoms with E-state index in [2.05, 4.69) is 21.6 Å². The number of rotatable bonds is 2. The van der Waals surface area contributed by atoms with E-state index in [1.165, 1.54) is 19.0 Å². The molecule has 1 aliphatic rings. The molecule has 1 aromatic rings. The van der Waals surface area contributed by atoms with Crippen LogP contribution in [0.25, 0.3) is 0 Å². The number of nitrogens with two attached hydrogens (primary N) is 1. The van der Waals surface area contributed by atoms with Crippen LogP contribution >= 0.6 is 0 Å². The van der Waals surface area contributed by atoms with Crippen molar-refractivity contribution in [2.75, 3.05) is 5.32 Å². The first-order valence-corrected chi connectivity index (χ1v) is 5.55. The molecule has 1 saturated carbocycles. The van der Waals surface area contributed by atoms with Crippen molar-refractivity contribution in [3.8, 4) is 6.07 Å². The Morgan fingerprint density at radius 1 is 1.44 bits per heavy atom. The molecule has 0 aromatic carbocycles. The first kappa shape index (κ1) is 10.8. The van der Waals surface area contributed by atoms with E-state index >= 15 is 0 Å². The van der Waals surface area contributed by atoms with Gasteiger partial charge in [-0.15, -0.1) is 5.10 Å². The zero-order valence-corrected chi connectivity index (χ0v) is 9.06. The monoisotopic (exact) mass is 217 g/mol. The minimum absolute atomic E-state index is 0.141. The Hall–Kier alpha value is -1.67. The standard InChI is InChI=1S/C11H15N5/c12-7-8-5-6-14-16-11(8)15-10-4-2-1-3-9(10)13/h5-6,9-10H,1-4,13H2,(H,15,16)/t9-,10-/m1/s1. The zero-order chi connectivity index (χ0) is 11.4. The summed E-state index contributed by atoms with van der Waals surface area (Å²) in [5.74, 6) is 0.548. The maximum atomic E-state index is 8.92. The molecule has 1 heterocycles. The van der Waals surface area contributed by atoms with E-state index in [4.69, 9.17) is 11.0 Å². The maximum Gasteiger partial charge on any atom is 0.166 e. The third-order valence-corrected chi connectivity index (χ3v) is 2.98. The number of hydrogen-bond acceptors (Lipinski definition) is 5. The molecular formula is C11H15N5. The highest BCUT2D eigenvalue weighted by atomic mass is 15.2. The quantitative estimate of drug-likeness (QED) is 0.772. The lowest BCUT2D eigenvalue weighted by atomic mass is 9.91. The Labute approximate surface area is 94.7 Å². The van der Waals surface area contributed by atoms with Crippen molar-refractivity contribution in [3.63, 3.8) is 0 Å². The lowest BCUT2D eigenvalue weighted by molar-refractivity contribution is 0.403. The van der Waals surface area contributed by atoms with Gasteiger partial charge in [-0.1, -0.05) is 12.8 Å². The van der Waals surface area contributed by atoms with Crippen molar-refractivity contribution in [3.05, 3.63) is 17.8 Å². The van der Waals surface area contributed by atoms with Gasteiger partial charge in [-0.2, -0.15) is 10.4 Å². The molecule has 1 aliphatic carbocycles. The fourth-order valence-corrected chi connectivity index (χ4v) is 2.04. The summed E-state index contributed by atoms with van der Waals surface area (Å²) in [4.78, 5) is 0. The van der Waals surface area contributed by atoms with Crippen molar-refractivity contribution in [1.29, 1.82) is 5.26 Å². The van der Waals surface area contributed by atoms with E-state index in [0.717, 1.165) is 12.8 Å².